The second kappa shape index (κ2) is 3.59. The lowest BCUT2D eigenvalue weighted by molar-refractivity contribution is -0.120. The average Bonchev–Trinajstić information content (AvgIpc) is 2.81. The first-order chi connectivity index (χ1) is 7.79. The highest BCUT2D eigenvalue weighted by atomic mass is 16.2. The van der Waals surface area contributed by atoms with E-state index in [2.05, 4.69) is 15.3 Å². The van der Waals surface area contributed by atoms with Crippen molar-refractivity contribution in [3.63, 3.8) is 0 Å². The summed E-state index contributed by atoms with van der Waals surface area (Å²) in [5.41, 5.74) is 0. The molecule has 0 radical (unpaired) electrons. The fraction of sp³-hybridized carbons (Fsp3) is 0.636. The van der Waals surface area contributed by atoms with Gasteiger partial charge < -0.3 is 10.3 Å². The van der Waals surface area contributed by atoms with Crippen molar-refractivity contribution in [2.45, 2.75) is 18.9 Å². The number of amides is 1. The number of H-pyrrole nitrogens is 1. The summed E-state index contributed by atoms with van der Waals surface area (Å²) in [6.07, 6.45) is 5.57. The van der Waals surface area contributed by atoms with Gasteiger partial charge in [0, 0.05) is 6.54 Å². The van der Waals surface area contributed by atoms with Gasteiger partial charge in [0.2, 0.25) is 5.91 Å². The Balaban J connectivity index is 1.88. The number of nitrogens with zero attached hydrogens (tertiary/aromatic N) is 2. The maximum absolute atomic E-state index is 12.3. The maximum Gasteiger partial charge on any atom is 0.245 e. The smallest absolute Gasteiger partial charge is 0.245 e. The summed E-state index contributed by atoms with van der Waals surface area (Å²) in [5.74, 6) is 2.40. The molecule has 3 atom stereocenters. The van der Waals surface area contributed by atoms with Crippen molar-refractivity contribution < 1.29 is 4.79 Å². The zero-order valence-corrected chi connectivity index (χ0v) is 9.31. The van der Waals surface area contributed by atoms with Crippen molar-refractivity contribution >= 4 is 11.7 Å². The Bertz CT molecular complexity index is 389. The topological polar surface area (TPSA) is 61.0 Å². The Morgan fingerprint density at radius 3 is 3.06 bits per heavy atom. The zero-order chi connectivity index (χ0) is 11.1. The molecule has 0 spiro atoms. The van der Waals surface area contributed by atoms with E-state index < -0.39 is 0 Å². The predicted molar refractivity (Wildman–Crippen MR) is 60.0 cm³/mol. The van der Waals surface area contributed by atoms with E-state index in [1.165, 1.54) is 6.42 Å². The molecule has 2 N–H and O–H groups in total. The number of carbonyl (C=O) groups is 1. The molecule has 5 heteroatoms. The third kappa shape index (κ3) is 1.51. The zero-order valence-electron chi connectivity index (χ0n) is 9.31. The van der Waals surface area contributed by atoms with E-state index in [9.17, 15) is 4.79 Å². The van der Waals surface area contributed by atoms with Crippen molar-refractivity contribution in [2.75, 3.05) is 18.5 Å². The lowest BCUT2D eigenvalue weighted by Crippen LogP contribution is -2.45. The Kier molecular flexibility index (Phi) is 2.21. The lowest BCUT2D eigenvalue weighted by atomic mass is 10.1. The first-order valence-corrected chi connectivity index (χ1v) is 5.76. The van der Waals surface area contributed by atoms with Gasteiger partial charge in [0.05, 0.1) is 18.6 Å². The monoisotopic (exact) mass is 220 g/mol. The highest BCUT2D eigenvalue weighted by molar-refractivity contribution is 5.96. The SMILES string of the molecule is CNC1CC2CC2CN(c2cnc[nH]2)C1=O. The molecular weight excluding hydrogens is 204 g/mol. The summed E-state index contributed by atoms with van der Waals surface area (Å²) in [4.78, 5) is 21.1. The van der Waals surface area contributed by atoms with Crippen LogP contribution < -0.4 is 10.2 Å². The third-order valence-corrected chi connectivity index (χ3v) is 3.71. The Morgan fingerprint density at radius 2 is 2.38 bits per heavy atom. The number of carbonyl (C=O) groups excluding carboxylic acids is 1. The minimum Gasteiger partial charge on any atom is -0.331 e. The van der Waals surface area contributed by atoms with Crippen LogP contribution in [0.25, 0.3) is 0 Å². The van der Waals surface area contributed by atoms with Crippen molar-refractivity contribution in [2.24, 2.45) is 11.8 Å². The Hall–Kier alpha value is -1.36. The van der Waals surface area contributed by atoms with Crippen LogP contribution in [0.5, 0.6) is 0 Å². The summed E-state index contributed by atoms with van der Waals surface area (Å²) in [6, 6.07) is -0.0409. The molecule has 86 valence electrons. The highest BCUT2D eigenvalue weighted by Crippen LogP contribution is 2.45. The van der Waals surface area contributed by atoms with Crippen LogP contribution in [0.3, 0.4) is 0 Å². The minimum atomic E-state index is -0.0409. The molecule has 1 saturated heterocycles. The molecule has 1 saturated carbocycles. The van der Waals surface area contributed by atoms with E-state index in [0.717, 1.165) is 24.7 Å². The lowest BCUT2D eigenvalue weighted by Gasteiger charge is -2.23. The molecule has 1 amide bonds. The van der Waals surface area contributed by atoms with Crippen molar-refractivity contribution in [3.8, 4) is 0 Å². The van der Waals surface area contributed by atoms with Crippen molar-refractivity contribution in [1.29, 1.82) is 0 Å². The number of aromatic nitrogens is 2. The van der Waals surface area contributed by atoms with E-state index >= 15 is 0 Å². The van der Waals surface area contributed by atoms with Crippen molar-refractivity contribution in [1.82, 2.24) is 15.3 Å². The average molecular weight is 220 g/mol. The molecule has 1 aliphatic carbocycles. The molecule has 2 fully saturated rings. The van der Waals surface area contributed by atoms with Crippen LogP contribution in [0.2, 0.25) is 0 Å². The van der Waals surface area contributed by atoms with Gasteiger partial charge in [-0.2, -0.15) is 0 Å². The third-order valence-electron chi connectivity index (χ3n) is 3.71. The Morgan fingerprint density at radius 1 is 1.50 bits per heavy atom. The molecule has 2 heterocycles. The van der Waals surface area contributed by atoms with E-state index in [1.54, 1.807) is 12.5 Å². The van der Waals surface area contributed by atoms with Gasteiger partial charge in [0.1, 0.15) is 5.82 Å². The number of nitrogens with one attached hydrogen (secondary N) is 2. The molecule has 3 rings (SSSR count). The minimum absolute atomic E-state index is 0.0409. The second-order valence-electron chi connectivity index (χ2n) is 4.72. The maximum atomic E-state index is 12.3. The van der Waals surface area contributed by atoms with Gasteiger partial charge in [-0.3, -0.25) is 9.69 Å². The summed E-state index contributed by atoms with van der Waals surface area (Å²) in [7, 11) is 1.86. The van der Waals surface area contributed by atoms with Gasteiger partial charge in [0.25, 0.3) is 0 Å². The van der Waals surface area contributed by atoms with Crippen molar-refractivity contribution in [3.05, 3.63) is 12.5 Å². The van der Waals surface area contributed by atoms with Crippen LogP contribution in [-0.2, 0) is 4.79 Å². The number of aromatic amines is 1. The van der Waals surface area contributed by atoms with Crippen LogP contribution in [-0.4, -0.2) is 35.5 Å². The van der Waals surface area contributed by atoms with Crippen LogP contribution in [0.15, 0.2) is 12.5 Å². The molecular formula is C11H16N4O. The van der Waals surface area contributed by atoms with Crippen LogP contribution >= 0.6 is 0 Å². The molecule has 16 heavy (non-hydrogen) atoms. The van der Waals surface area contributed by atoms with Gasteiger partial charge in [-0.25, -0.2) is 4.98 Å². The summed E-state index contributed by atoms with van der Waals surface area (Å²) >= 11 is 0. The number of rotatable bonds is 2. The van der Waals surface area contributed by atoms with E-state index in [1.807, 2.05) is 11.9 Å². The molecule has 0 aromatic carbocycles. The van der Waals surface area contributed by atoms with E-state index in [4.69, 9.17) is 0 Å². The molecule has 1 aliphatic heterocycles. The molecule has 3 unspecified atom stereocenters. The Labute approximate surface area is 94.2 Å². The summed E-state index contributed by atoms with van der Waals surface area (Å²) in [5, 5.41) is 3.12. The second-order valence-corrected chi connectivity index (χ2v) is 4.72. The number of hydrogen-bond acceptors (Lipinski definition) is 3. The first kappa shape index (κ1) is 9.84. The van der Waals surface area contributed by atoms with Crippen LogP contribution in [0.1, 0.15) is 12.8 Å². The predicted octanol–water partition coefficient (Wildman–Crippen LogP) is 0.370. The van der Waals surface area contributed by atoms with E-state index in [-0.39, 0.29) is 11.9 Å². The number of anilines is 1. The van der Waals surface area contributed by atoms with Gasteiger partial charge in [-0.15, -0.1) is 0 Å². The molecule has 0 bridgehead atoms. The fourth-order valence-electron chi connectivity index (χ4n) is 2.59. The summed E-state index contributed by atoms with van der Waals surface area (Å²) < 4.78 is 0. The standard InChI is InChI=1S/C11H16N4O/c1-12-9-3-7-2-8(7)5-15(11(9)16)10-4-13-6-14-10/h4,6-9,12H,2-3,5H2,1H3,(H,13,14). The number of hydrogen-bond donors (Lipinski definition) is 2. The normalized spacial score (nSPS) is 33.4. The molecule has 1 aromatic heterocycles. The number of imidazole rings is 1. The van der Waals surface area contributed by atoms with Gasteiger partial charge in [-0.1, -0.05) is 0 Å². The number of likely N-dealkylation sites (N-methyl/N-ethyl adjacent to an activating group) is 1. The first-order valence-electron chi connectivity index (χ1n) is 5.76. The van der Waals surface area contributed by atoms with Gasteiger partial charge >= 0.3 is 0 Å². The largest absolute Gasteiger partial charge is 0.331 e. The highest BCUT2D eigenvalue weighted by Gasteiger charge is 2.45. The summed E-state index contributed by atoms with van der Waals surface area (Å²) in [6.45, 7) is 0.837. The molecule has 1 aromatic rings. The molecule has 2 aliphatic rings. The van der Waals surface area contributed by atoms with Crippen LogP contribution in [0, 0.1) is 11.8 Å². The fourth-order valence-corrected chi connectivity index (χ4v) is 2.59. The number of fused-ring (bicyclic) bond motifs is 1. The van der Waals surface area contributed by atoms with Gasteiger partial charge in [0.15, 0.2) is 0 Å². The molecule has 5 nitrogen and oxygen atoms in total. The van der Waals surface area contributed by atoms with E-state index in [0.29, 0.717) is 5.92 Å². The quantitative estimate of drug-likeness (QED) is 0.757. The van der Waals surface area contributed by atoms with Crippen LogP contribution in [0.4, 0.5) is 5.82 Å². The van der Waals surface area contributed by atoms with Gasteiger partial charge in [-0.05, 0) is 31.7 Å².